The van der Waals surface area contributed by atoms with Gasteiger partial charge in [0.1, 0.15) is 18.1 Å². The molecule has 1 aliphatic rings. The van der Waals surface area contributed by atoms with E-state index in [1.807, 2.05) is 6.92 Å². The van der Waals surface area contributed by atoms with Gasteiger partial charge in [0.05, 0.1) is 0 Å². The van der Waals surface area contributed by atoms with Gasteiger partial charge < -0.3 is 20.7 Å². The molecular weight excluding hydrogens is 363 g/mol. The fourth-order valence-corrected chi connectivity index (χ4v) is 2.38. The lowest BCUT2D eigenvalue weighted by Gasteiger charge is -2.21. The van der Waals surface area contributed by atoms with Gasteiger partial charge in [0, 0.05) is 36.8 Å². The Morgan fingerprint density at radius 1 is 1.36 bits per heavy atom. The first-order valence-electron chi connectivity index (χ1n) is 9.21. The number of dihydropyridines is 1. The highest BCUT2D eigenvalue weighted by Gasteiger charge is 2.18. The van der Waals surface area contributed by atoms with Gasteiger partial charge in [0.25, 0.3) is 5.91 Å². The molecule has 8 heteroatoms. The topological polar surface area (TPSA) is 92.4 Å². The molecule has 2 amide bonds. The molecule has 152 valence electrons. The molecule has 0 saturated carbocycles. The van der Waals surface area contributed by atoms with Crippen molar-refractivity contribution in [1.82, 2.24) is 20.9 Å². The third-order valence-electron chi connectivity index (χ3n) is 3.78. The number of pyridine rings is 1. The Labute approximate surface area is 164 Å². The zero-order valence-corrected chi connectivity index (χ0v) is 16.6. The van der Waals surface area contributed by atoms with Crippen LogP contribution in [0.15, 0.2) is 41.9 Å². The van der Waals surface area contributed by atoms with Gasteiger partial charge in [-0.25, -0.2) is 9.37 Å². The number of nitrogens with zero attached hydrogens (tertiary/aromatic N) is 1. The number of hydrogen-bond donors (Lipinski definition) is 3. The summed E-state index contributed by atoms with van der Waals surface area (Å²) in [6.45, 7) is 6.71. The minimum atomic E-state index is -1.43. The summed E-state index contributed by atoms with van der Waals surface area (Å²) in [6.07, 6.45) is 5.32. The first-order valence-corrected chi connectivity index (χ1v) is 9.21. The first kappa shape index (κ1) is 21.4. The van der Waals surface area contributed by atoms with Gasteiger partial charge >= 0.3 is 0 Å². The summed E-state index contributed by atoms with van der Waals surface area (Å²) < 4.78 is 18.7. The molecule has 28 heavy (non-hydrogen) atoms. The van der Waals surface area contributed by atoms with Gasteiger partial charge in [-0.05, 0) is 38.5 Å². The van der Waals surface area contributed by atoms with Crippen molar-refractivity contribution in [3.05, 3.63) is 47.4 Å². The van der Waals surface area contributed by atoms with Crippen molar-refractivity contribution in [3.8, 4) is 5.88 Å². The van der Waals surface area contributed by atoms with Crippen LogP contribution in [0.5, 0.6) is 5.88 Å². The Kier molecular flexibility index (Phi) is 7.14. The minimum Gasteiger partial charge on any atom is -0.474 e. The quantitative estimate of drug-likeness (QED) is 0.632. The molecule has 3 N–H and O–H groups in total. The predicted octanol–water partition coefficient (Wildman–Crippen LogP) is 2.11. The summed E-state index contributed by atoms with van der Waals surface area (Å²) in [5.41, 5.74) is -0.182. The molecule has 1 aromatic heterocycles. The van der Waals surface area contributed by atoms with E-state index in [0.717, 1.165) is 5.56 Å². The molecule has 7 nitrogen and oxygen atoms in total. The van der Waals surface area contributed by atoms with Crippen molar-refractivity contribution < 1.29 is 18.7 Å². The number of aromatic nitrogens is 1. The van der Waals surface area contributed by atoms with Gasteiger partial charge in [-0.15, -0.1) is 0 Å². The number of rotatable bonds is 8. The fraction of sp³-hybridized carbons (Fsp3) is 0.450. The van der Waals surface area contributed by atoms with Crippen molar-refractivity contribution in [3.63, 3.8) is 0 Å². The Morgan fingerprint density at radius 2 is 2.11 bits per heavy atom. The van der Waals surface area contributed by atoms with Crippen molar-refractivity contribution in [2.45, 2.75) is 52.4 Å². The number of alkyl halides is 1. The Balaban J connectivity index is 1.91. The summed E-state index contributed by atoms with van der Waals surface area (Å²) in [5.74, 6) is 0.453. The van der Waals surface area contributed by atoms with E-state index in [1.165, 1.54) is 13.8 Å². The molecule has 1 aromatic rings. The van der Waals surface area contributed by atoms with Gasteiger partial charge in [-0.2, -0.15) is 0 Å². The van der Waals surface area contributed by atoms with Crippen LogP contribution in [0.25, 0.3) is 0 Å². The number of nitrogens with one attached hydrogen (secondary N) is 3. The van der Waals surface area contributed by atoms with E-state index in [-0.39, 0.29) is 31.0 Å². The average molecular weight is 390 g/mol. The molecule has 0 unspecified atom stereocenters. The van der Waals surface area contributed by atoms with Crippen molar-refractivity contribution in [2.24, 2.45) is 0 Å². The highest BCUT2D eigenvalue weighted by atomic mass is 19.1. The smallest absolute Gasteiger partial charge is 0.251 e. The summed E-state index contributed by atoms with van der Waals surface area (Å²) in [4.78, 5) is 28.1. The normalized spacial score (nSPS) is 16.4. The molecule has 0 saturated heterocycles. The van der Waals surface area contributed by atoms with Gasteiger partial charge in [-0.3, -0.25) is 9.59 Å². The number of carbonyl (C=O) groups excluding carboxylic acids is 2. The summed E-state index contributed by atoms with van der Waals surface area (Å²) >= 11 is 0. The number of carbonyl (C=O) groups is 2. The maximum Gasteiger partial charge on any atom is 0.251 e. The third-order valence-corrected chi connectivity index (χ3v) is 3.78. The van der Waals surface area contributed by atoms with E-state index < -0.39 is 5.67 Å². The van der Waals surface area contributed by atoms with Crippen LogP contribution in [0.3, 0.4) is 0 Å². The van der Waals surface area contributed by atoms with Crippen molar-refractivity contribution in [2.75, 3.05) is 6.61 Å². The molecule has 0 spiro atoms. The number of ether oxygens (including phenoxy) is 1. The van der Waals surface area contributed by atoms with Crippen LogP contribution in [0.1, 0.15) is 39.7 Å². The third kappa shape index (κ3) is 7.02. The predicted molar refractivity (Wildman–Crippen MR) is 104 cm³/mol. The number of amides is 2. The monoisotopic (exact) mass is 390 g/mol. The van der Waals surface area contributed by atoms with E-state index in [9.17, 15) is 14.0 Å². The Hall–Kier alpha value is -2.90. The molecular formula is C20H27FN4O3. The zero-order chi connectivity index (χ0) is 20.7. The molecule has 0 aliphatic carbocycles. The van der Waals surface area contributed by atoms with E-state index in [1.54, 1.807) is 37.4 Å². The van der Waals surface area contributed by atoms with Crippen LogP contribution >= 0.6 is 0 Å². The summed E-state index contributed by atoms with van der Waals surface area (Å²) in [7, 11) is 0. The molecule has 0 radical (unpaired) electrons. The maximum absolute atomic E-state index is 13.4. The second-order valence-electron chi connectivity index (χ2n) is 7.21. The Bertz CT molecular complexity index is 767. The lowest BCUT2D eigenvalue weighted by Crippen LogP contribution is -2.39. The van der Waals surface area contributed by atoms with E-state index in [0.29, 0.717) is 23.7 Å². The van der Waals surface area contributed by atoms with E-state index in [4.69, 9.17) is 4.74 Å². The highest BCUT2D eigenvalue weighted by molar-refractivity contribution is 5.96. The van der Waals surface area contributed by atoms with Crippen molar-refractivity contribution >= 4 is 11.8 Å². The molecule has 0 aromatic carbocycles. The van der Waals surface area contributed by atoms with Gasteiger partial charge in [-0.1, -0.05) is 13.0 Å². The summed E-state index contributed by atoms with van der Waals surface area (Å²) in [5, 5.41) is 8.64. The van der Waals surface area contributed by atoms with E-state index in [2.05, 4.69) is 20.9 Å². The summed E-state index contributed by atoms with van der Waals surface area (Å²) in [6, 6.07) is 3.31. The molecule has 2 heterocycles. The molecule has 1 atom stereocenters. The fourth-order valence-electron chi connectivity index (χ4n) is 2.38. The molecule has 0 bridgehead atoms. The minimum absolute atomic E-state index is 0.0836. The largest absolute Gasteiger partial charge is 0.474 e. The van der Waals surface area contributed by atoms with Crippen LogP contribution in [0.4, 0.5) is 4.39 Å². The maximum atomic E-state index is 13.4. The lowest BCUT2D eigenvalue weighted by atomic mass is 10.1. The Morgan fingerprint density at radius 3 is 2.71 bits per heavy atom. The van der Waals surface area contributed by atoms with Crippen LogP contribution in [-0.4, -0.2) is 35.1 Å². The molecule has 1 aliphatic heterocycles. The first-order chi connectivity index (χ1) is 13.2. The van der Waals surface area contributed by atoms with Crippen LogP contribution in [0.2, 0.25) is 0 Å². The second kappa shape index (κ2) is 9.34. The average Bonchev–Trinajstić information content (AvgIpc) is 2.64. The molecule has 2 rings (SSSR count). The zero-order valence-electron chi connectivity index (χ0n) is 16.6. The lowest BCUT2D eigenvalue weighted by molar-refractivity contribution is -0.120. The van der Waals surface area contributed by atoms with E-state index >= 15 is 0 Å². The SMILES string of the molecule is CCC(=O)NC1=CC(C(=O)NCc2ccc(OCC(C)(C)F)nc2)=C[C@H](C)N1. The highest BCUT2D eigenvalue weighted by Crippen LogP contribution is 2.14. The van der Waals surface area contributed by atoms with Gasteiger partial charge in [0.2, 0.25) is 11.8 Å². The van der Waals surface area contributed by atoms with Crippen molar-refractivity contribution in [1.29, 1.82) is 0 Å². The standard InChI is InChI=1S/C20H27FN4O3/c1-5-17(26)25-16-9-15(8-13(2)24-16)19(27)23-11-14-6-7-18(22-10-14)28-12-20(3,4)21/h6-10,13,24H,5,11-12H2,1-4H3,(H,23,27)(H,25,26)/t13-/m0/s1. The van der Waals surface area contributed by atoms with Gasteiger partial charge in [0.15, 0.2) is 0 Å². The van der Waals surface area contributed by atoms with Crippen LogP contribution < -0.4 is 20.7 Å². The van der Waals surface area contributed by atoms with Crippen LogP contribution in [-0.2, 0) is 16.1 Å². The molecule has 0 fully saturated rings. The number of hydrogen-bond acceptors (Lipinski definition) is 5. The second-order valence-corrected chi connectivity index (χ2v) is 7.21. The number of halogens is 1. The van der Waals surface area contributed by atoms with Crippen LogP contribution in [0, 0.1) is 0 Å².